The summed E-state index contributed by atoms with van der Waals surface area (Å²) < 4.78 is 27.2. The number of carbonyl (C=O) groups excluding carboxylic acids is 1. The summed E-state index contributed by atoms with van der Waals surface area (Å²) in [5.74, 6) is -0.322. The summed E-state index contributed by atoms with van der Waals surface area (Å²) in [6, 6.07) is 29.9. The molecule has 1 aliphatic rings. The number of hydrogen-bond donors (Lipinski definition) is 1. The number of para-hydroxylation sites is 1. The standard InChI is InChI=1S/C27H31N3O3S/c31-27(22-26(23-10-4-1-5-11-23)24-12-6-2-7-13-24)28-16-21-34(32,33)30-19-17-29(18-20-30)25-14-8-3-9-15-25/h1-15,26H,16-22H2,(H,28,31). The molecule has 1 amide bonds. The van der Waals surface area contributed by atoms with Gasteiger partial charge < -0.3 is 10.2 Å². The molecular formula is C27H31N3O3S. The molecule has 1 aliphatic heterocycles. The van der Waals surface area contributed by atoms with Crippen LogP contribution in [0.2, 0.25) is 0 Å². The van der Waals surface area contributed by atoms with Gasteiger partial charge in [0.05, 0.1) is 5.75 Å². The van der Waals surface area contributed by atoms with E-state index in [2.05, 4.69) is 10.2 Å². The molecule has 3 aromatic carbocycles. The lowest BCUT2D eigenvalue weighted by molar-refractivity contribution is -0.121. The van der Waals surface area contributed by atoms with Crippen molar-refractivity contribution in [2.45, 2.75) is 12.3 Å². The Hall–Kier alpha value is -3.16. The van der Waals surface area contributed by atoms with Crippen LogP contribution >= 0.6 is 0 Å². The van der Waals surface area contributed by atoms with Gasteiger partial charge >= 0.3 is 0 Å². The Kier molecular flexibility index (Phi) is 7.98. The van der Waals surface area contributed by atoms with E-state index < -0.39 is 10.0 Å². The smallest absolute Gasteiger partial charge is 0.220 e. The average Bonchev–Trinajstić information content (AvgIpc) is 2.89. The number of rotatable bonds is 9. The van der Waals surface area contributed by atoms with Gasteiger partial charge in [0.15, 0.2) is 0 Å². The average molecular weight is 478 g/mol. The molecule has 1 saturated heterocycles. The van der Waals surface area contributed by atoms with E-state index in [4.69, 9.17) is 0 Å². The van der Waals surface area contributed by atoms with Crippen LogP contribution in [-0.4, -0.2) is 57.1 Å². The van der Waals surface area contributed by atoms with Gasteiger partial charge in [-0.2, -0.15) is 4.31 Å². The molecule has 0 aromatic heterocycles. The maximum absolute atomic E-state index is 12.8. The van der Waals surface area contributed by atoms with Crippen molar-refractivity contribution in [3.63, 3.8) is 0 Å². The maximum atomic E-state index is 12.8. The van der Waals surface area contributed by atoms with Crippen LogP contribution in [0.15, 0.2) is 91.0 Å². The van der Waals surface area contributed by atoms with Crippen molar-refractivity contribution in [3.8, 4) is 0 Å². The lowest BCUT2D eigenvalue weighted by atomic mass is 9.88. The highest BCUT2D eigenvalue weighted by Gasteiger charge is 2.27. The van der Waals surface area contributed by atoms with E-state index in [0.29, 0.717) is 26.2 Å². The number of sulfonamides is 1. The van der Waals surface area contributed by atoms with Gasteiger partial charge in [-0.05, 0) is 23.3 Å². The highest BCUT2D eigenvalue weighted by molar-refractivity contribution is 7.89. The highest BCUT2D eigenvalue weighted by atomic mass is 32.2. The molecule has 0 saturated carbocycles. The maximum Gasteiger partial charge on any atom is 0.220 e. The minimum Gasteiger partial charge on any atom is -0.369 e. The van der Waals surface area contributed by atoms with Crippen molar-refractivity contribution in [1.29, 1.82) is 0 Å². The van der Waals surface area contributed by atoms with Crippen LogP contribution < -0.4 is 10.2 Å². The third kappa shape index (κ3) is 6.24. The molecule has 0 unspecified atom stereocenters. The molecule has 178 valence electrons. The highest BCUT2D eigenvalue weighted by Crippen LogP contribution is 2.27. The second kappa shape index (κ2) is 11.3. The molecule has 4 rings (SSSR count). The third-order valence-electron chi connectivity index (χ3n) is 6.23. The second-order valence-corrected chi connectivity index (χ2v) is 10.6. The van der Waals surface area contributed by atoms with Gasteiger partial charge in [0.1, 0.15) is 0 Å². The summed E-state index contributed by atoms with van der Waals surface area (Å²) in [5.41, 5.74) is 3.23. The van der Waals surface area contributed by atoms with E-state index in [9.17, 15) is 13.2 Å². The van der Waals surface area contributed by atoms with Crippen LogP contribution in [0.4, 0.5) is 5.69 Å². The summed E-state index contributed by atoms with van der Waals surface area (Å²) >= 11 is 0. The monoisotopic (exact) mass is 477 g/mol. The Morgan fingerprint density at radius 3 is 1.79 bits per heavy atom. The molecule has 1 N–H and O–H groups in total. The Labute approximate surface area is 202 Å². The van der Waals surface area contributed by atoms with Gasteiger partial charge in [-0.3, -0.25) is 4.79 Å². The first kappa shape index (κ1) is 24.0. The van der Waals surface area contributed by atoms with Crippen molar-refractivity contribution in [2.75, 3.05) is 43.4 Å². The fourth-order valence-electron chi connectivity index (χ4n) is 4.37. The largest absolute Gasteiger partial charge is 0.369 e. The molecule has 7 heteroatoms. The van der Waals surface area contributed by atoms with Crippen LogP contribution in [-0.2, 0) is 14.8 Å². The quantitative estimate of drug-likeness (QED) is 0.512. The number of amides is 1. The van der Waals surface area contributed by atoms with Gasteiger partial charge in [-0.1, -0.05) is 78.9 Å². The SMILES string of the molecule is O=C(CC(c1ccccc1)c1ccccc1)NCCS(=O)(=O)N1CCN(c2ccccc2)CC1. The first-order valence-corrected chi connectivity index (χ1v) is 13.3. The molecule has 1 fully saturated rings. The lowest BCUT2D eigenvalue weighted by Gasteiger charge is -2.35. The zero-order valence-electron chi connectivity index (χ0n) is 19.2. The van der Waals surface area contributed by atoms with Crippen molar-refractivity contribution in [2.24, 2.45) is 0 Å². The fourth-order valence-corrected chi connectivity index (χ4v) is 5.71. The van der Waals surface area contributed by atoms with Crippen LogP contribution in [0.5, 0.6) is 0 Å². The van der Waals surface area contributed by atoms with Crippen LogP contribution in [0, 0.1) is 0 Å². The lowest BCUT2D eigenvalue weighted by Crippen LogP contribution is -2.50. The van der Waals surface area contributed by atoms with Gasteiger partial charge in [-0.15, -0.1) is 0 Å². The molecule has 0 bridgehead atoms. The fraction of sp³-hybridized carbons (Fsp3) is 0.296. The molecule has 3 aromatic rings. The Balaban J connectivity index is 1.29. The summed E-state index contributed by atoms with van der Waals surface area (Å²) in [6.07, 6.45) is 0.268. The van der Waals surface area contributed by atoms with Crippen LogP contribution in [0.3, 0.4) is 0 Å². The van der Waals surface area contributed by atoms with Gasteiger partial charge in [0, 0.05) is 50.7 Å². The first-order valence-electron chi connectivity index (χ1n) is 11.7. The molecule has 6 nitrogen and oxygen atoms in total. The number of nitrogens with one attached hydrogen (secondary N) is 1. The van der Waals surface area contributed by atoms with E-state index in [1.165, 1.54) is 4.31 Å². The minimum atomic E-state index is -3.43. The predicted molar refractivity (Wildman–Crippen MR) is 136 cm³/mol. The van der Waals surface area contributed by atoms with Gasteiger partial charge in [0.25, 0.3) is 0 Å². The normalized spacial score (nSPS) is 14.8. The zero-order chi connectivity index (χ0) is 23.8. The summed E-state index contributed by atoms with van der Waals surface area (Å²) in [4.78, 5) is 14.9. The van der Waals surface area contributed by atoms with Crippen molar-refractivity contribution >= 4 is 21.6 Å². The van der Waals surface area contributed by atoms with Crippen LogP contribution in [0.25, 0.3) is 0 Å². The van der Waals surface area contributed by atoms with E-state index in [1.54, 1.807) is 0 Å². The molecule has 0 aliphatic carbocycles. The second-order valence-electron chi connectivity index (χ2n) is 8.47. The third-order valence-corrected chi connectivity index (χ3v) is 8.10. The van der Waals surface area contributed by atoms with E-state index >= 15 is 0 Å². The number of nitrogens with zero attached hydrogens (tertiary/aromatic N) is 2. The molecule has 0 atom stereocenters. The molecule has 0 spiro atoms. The van der Waals surface area contributed by atoms with Crippen molar-refractivity contribution in [1.82, 2.24) is 9.62 Å². The number of hydrogen-bond acceptors (Lipinski definition) is 4. The number of anilines is 1. The number of piperazine rings is 1. The van der Waals surface area contributed by atoms with Gasteiger partial charge in [0.2, 0.25) is 15.9 Å². The summed E-state index contributed by atoms with van der Waals surface area (Å²) in [7, 11) is -3.43. The topological polar surface area (TPSA) is 69.7 Å². The van der Waals surface area contributed by atoms with E-state index in [1.807, 2.05) is 91.0 Å². The minimum absolute atomic E-state index is 0.0786. The summed E-state index contributed by atoms with van der Waals surface area (Å²) in [6.45, 7) is 2.33. The first-order chi connectivity index (χ1) is 16.5. The van der Waals surface area contributed by atoms with Gasteiger partial charge in [-0.25, -0.2) is 8.42 Å². The Morgan fingerprint density at radius 2 is 1.26 bits per heavy atom. The number of benzene rings is 3. The molecular weight excluding hydrogens is 446 g/mol. The molecule has 0 radical (unpaired) electrons. The zero-order valence-corrected chi connectivity index (χ0v) is 20.0. The number of carbonyl (C=O) groups is 1. The molecule has 34 heavy (non-hydrogen) atoms. The Morgan fingerprint density at radius 1 is 0.765 bits per heavy atom. The predicted octanol–water partition coefficient (Wildman–Crippen LogP) is 3.48. The van der Waals surface area contributed by atoms with Crippen molar-refractivity contribution < 1.29 is 13.2 Å². The molecule has 1 heterocycles. The summed E-state index contributed by atoms with van der Waals surface area (Å²) in [5, 5.41) is 2.83. The van der Waals surface area contributed by atoms with Crippen LogP contribution in [0.1, 0.15) is 23.5 Å². The van der Waals surface area contributed by atoms with E-state index in [0.717, 1.165) is 16.8 Å². The van der Waals surface area contributed by atoms with Crippen molar-refractivity contribution in [3.05, 3.63) is 102 Å². The van der Waals surface area contributed by atoms with E-state index in [-0.39, 0.29) is 30.5 Å². The Bertz CT molecular complexity index is 1110.